The average molecular weight is 452 g/mol. The molecule has 0 aliphatic rings. The molecule has 4 aromatic rings. The zero-order valence-electron chi connectivity index (χ0n) is 19.2. The second-order valence-corrected chi connectivity index (χ2v) is 8.78. The number of amidine groups is 1. The molecule has 4 rings (SSSR count). The molecule has 0 atom stereocenters. The minimum absolute atomic E-state index is 0.203. The third-order valence-corrected chi connectivity index (χ3v) is 6.02. The first kappa shape index (κ1) is 22.4. The Balaban J connectivity index is 1.99. The molecule has 0 saturated carbocycles. The van der Waals surface area contributed by atoms with E-state index in [0.717, 1.165) is 28.1 Å². The van der Waals surface area contributed by atoms with Gasteiger partial charge in [-0.2, -0.15) is 14.6 Å². The Labute approximate surface area is 198 Å². The Morgan fingerprint density at radius 1 is 0.939 bits per heavy atom. The van der Waals surface area contributed by atoms with Crippen molar-refractivity contribution in [3.05, 3.63) is 105 Å². The summed E-state index contributed by atoms with van der Waals surface area (Å²) in [7, 11) is 0. The van der Waals surface area contributed by atoms with Crippen molar-refractivity contribution in [3.63, 3.8) is 0 Å². The third-order valence-electron chi connectivity index (χ3n) is 5.28. The van der Waals surface area contributed by atoms with Crippen LogP contribution in [0.25, 0.3) is 5.69 Å². The first-order chi connectivity index (χ1) is 16.0. The molecule has 0 bridgehead atoms. The lowest BCUT2D eigenvalue weighted by Gasteiger charge is -2.14. The molecule has 164 valence electrons. The number of aryl methyl sites for hydroxylation is 4. The van der Waals surface area contributed by atoms with Gasteiger partial charge in [-0.1, -0.05) is 65.7 Å². The van der Waals surface area contributed by atoms with E-state index in [2.05, 4.69) is 62.4 Å². The van der Waals surface area contributed by atoms with Gasteiger partial charge in [-0.3, -0.25) is 4.57 Å². The Kier molecular flexibility index (Phi) is 6.62. The van der Waals surface area contributed by atoms with Crippen molar-refractivity contribution >= 4 is 23.1 Å². The van der Waals surface area contributed by atoms with Crippen molar-refractivity contribution in [1.29, 1.82) is 5.26 Å². The minimum atomic E-state index is 0.203. The van der Waals surface area contributed by atoms with Gasteiger partial charge in [-0.25, -0.2) is 4.99 Å². The molecule has 0 N–H and O–H groups in total. The first-order valence-corrected chi connectivity index (χ1v) is 11.5. The molecule has 0 aliphatic carbocycles. The van der Waals surface area contributed by atoms with Crippen molar-refractivity contribution in [2.24, 2.45) is 9.98 Å². The lowest BCUT2D eigenvalue weighted by molar-refractivity contribution is 0.881. The number of hydrogen-bond acceptors (Lipinski definition) is 4. The lowest BCUT2D eigenvalue weighted by Crippen LogP contribution is -2.20. The standard InChI is InChI=1S/C27H25N5S/c1-18-10-12-22(13-11-18)26(29-23-8-6-5-7-9-23)30-27-32(24(14-15-28)31-33-27)25-20(3)16-19(2)17-21(25)4/h5-13,16-17H,14H2,1-4H3. The minimum Gasteiger partial charge on any atom is -0.270 e. The number of nitrogens with zero attached hydrogens (tertiary/aromatic N) is 5. The monoisotopic (exact) mass is 451 g/mol. The maximum atomic E-state index is 9.41. The highest BCUT2D eigenvalue weighted by Crippen LogP contribution is 2.22. The molecule has 3 aromatic carbocycles. The number of aromatic nitrogens is 2. The molecule has 0 radical (unpaired) electrons. The molecule has 5 nitrogen and oxygen atoms in total. The summed E-state index contributed by atoms with van der Waals surface area (Å²) in [6, 6.07) is 24.5. The SMILES string of the molecule is Cc1ccc(C(=Nc2ccccc2)N=c2snc(CC#N)n2-c2c(C)cc(C)cc2C)cc1. The summed E-state index contributed by atoms with van der Waals surface area (Å²) in [6.07, 6.45) is 0.203. The highest BCUT2D eigenvalue weighted by atomic mass is 32.1. The van der Waals surface area contributed by atoms with Crippen molar-refractivity contribution in [2.45, 2.75) is 34.1 Å². The molecule has 6 heteroatoms. The molecule has 0 amide bonds. The van der Waals surface area contributed by atoms with Crippen LogP contribution in [0.2, 0.25) is 0 Å². The molecule has 0 aliphatic heterocycles. The molecule has 1 aromatic heterocycles. The molecule has 33 heavy (non-hydrogen) atoms. The van der Waals surface area contributed by atoms with E-state index in [9.17, 15) is 5.26 Å². The van der Waals surface area contributed by atoms with Gasteiger partial charge in [-0.05, 0) is 51.0 Å². The number of para-hydroxylation sites is 1. The Bertz CT molecular complexity index is 1400. The molecule has 0 fully saturated rings. The summed E-state index contributed by atoms with van der Waals surface area (Å²) >= 11 is 1.28. The number of benzene rings is 3. The molecule has 0 saturated heterocycles. The molecule has 0 spiro atoms. The van der Waals surface area contributed by atoms with E-state index in [1.54, 1.807) is 0 Å². The maximum Gasteiger partial charge on any atom is 0.215 e. The van der Waals surface area contributed by atoms with Crippen molar-refractivity contribution in [1.82, 2.24) is 8.94 Å². The van der Waals surface area contributed by atoms with Crippen LogP contribution in [-0.4, -0.2) is 14.8 Å². The van der Waals surface area contributed by atoms with Gasteiger partial charge in [0.1, 0.15) is 5.82 Å². The number of hydrogen-bond donors (Lipinski definition) is 0. The lowest BCUT2D eigenvalue weighted by atomic mass is 10.0. The summed E-state index contributed by atoms with van der Waals surface area (Å²) in [6.45, 7) is 8.31. The Hall–Kier alpha value is -3.82. The third kappa shape index (κ3) is 5.00. The van der Waals surface area contributed by atoms with E-state index >= 15 is 0 Å². The number of rotatable bonds is 4. The van der Waals surface area contributed by atoms with Gasteiger partial charge < -0.3 is 0 Å². The van der Waals surface area contributed by atoms with E-state index in [1.807, 2.05) is 47.0 Å². The molecule has 1 heterocycles. The maximum absolute atomic E-state index is 9.41. The van der Waals surface area contributed by atoms with E-state index in [0.29, 0.717) is 16.5 Å². The summed E-state index contributed by atoms with van der Waals surface area (Å²) < 4.78 is 6.59. The van der Waals surface area contributed by atoms with E-state index in [-0.39, 0.29) is 6.42 Å². The quantitative estimate of drug-likeness (QED) is 0.286. The van der Waals surface area contributed by atoms with Crippen molar-refractivity contribution in [2.75, 3.05) is 0 Å². The van der Waals surface area contributed by atoms with Gasteiger partial charge >= 0.3 is 0 Å². The smallest absolute Gasteiger partial charge is 0.215 e. The van der Waals surface area contributed by atoms with E-state index < -0.39 is 0 Å². The summed E-state index contributed by atoms with van der Waals surface area (Å²) in [5.41, 5.74) is 7.37. The fourth-order valence-corrected chi connectivity index (χ4v) is 4.60. The second-order valence-electron chi connectivity index (χ2n) is 8.05. The zero-order chi connectivity index (χ0) is 23.4. The van der Waals surface area contributed by atoms with Crippen LogP contribution in [0.1, 0.15) is 33.6 Å². The van der Waals surface area contributed by atoms with Crippen molar-refractivity contribution in [3.8, 4) is 11.8 Å². The zero-order valence-corrected chi connectivity index (χ0v) is 20.0. The van der Waals surface area contributed by atoms with Gasteiger partial charge in [0, 0.05) is 17.1 Å². The predicted octanol–water partition coefficient (Wildman–Crippen LogP) is 5.91. The van der Waals surface area contributed by atoms with E-state index in [1.165, 1.54) is 22.7 Å². The van der Waals surface area contributed by atoms with Crippen LogP contribution in [0, 0.1) is 39.0 Å². The van der Waals surface area contributed by atoms with Gasteiger partial charge in [0.05, 0.1) is 23.9 Å². The van der Waals surface area contributed by atoms with Gasteiger partial charge in [-0.15, -0.1) is 0 Å². The first-order valence-electron chi connectivity index (χ1n) is 10.7. The van der Waals surface area contributed by atoms with Crippen molar-refractivity contribution < 1.29 is 0 Å². The number of aliphatic imine (C=N–C) groups is 1. The summed E-state index contributed by atoms with van der Waals surface area (Å²) in [5.74, 6) is 1.28. The van der Waals surface area contributed by atoms with Crippen LogP contribution in [-0.2, 0) is 6.42 Å². The normalized spacial score (nSPS) is 12.1. The van der Waals surface area contributed by atoms with Crippen LogP contribution >= 0.6 is 11.5 Å². The number of nitriles is 1. The van der Waals surface area contributed by atoms with Gasteiger partial charge in [0.15, 0.2) is 5.84 Å². The van der Waals surface area contributed by atoms with Crippen LogP contribution in [0.5, 0.6) is 0 Å². The highest BCUT2D eigenvalue weighted by Gasteiger charge is 2.15. The van der Waals surface area contributed by atoms with Gasteiger partial charge in [0.2, 0.25) is 4.80 Å². The van der Waals surface area contributed by atoms with Crippen LogP contribution in [0.3, 0.4) is 0 Å². The molecular weight excluding hydrogens is 426 g/mol. The summed E-state index contributed by atoms with van der Waals surface area (Å²) in [4.78, 5) is 10.5. The second kappa shape index (κ2) is 9.76. The highest BCUT2D eigenvalue weighted by molar-refractivity contribution is 7.02. The van der Waals surface area contributed by atoms with Crippen LogP contribution < -0.4 is 4.80 Å². The van der Waals surface area contributed by atoms with Gasteiger partial charge in [0.25, 0.3) is 0 Å². The Morgan fingerprint density at radius 2 is 1.61 bits per heavy atom. The largest absolute Gasteiger partial charge is 0.270 e. The summed E-state index contributed by atoms with van der Waals surface area (Å²) in [5, 5.41) is 9.41. The average Bonchev–Trinajstić information content (AvgIpc) is 3.16. The van der Waals surface area contributed by atoms with Crippen LogP contribution in [0.4, 0.5) is 5.69 Å². The van der Waals surface area contributed by atoms with Crippen LogP contribution in [0.15, 0.2) is 76.7 Å². The molecule has 0 unspecified atom stereocenters. The Morgan fingerprint density at radius 3 is 2.24 bits per heavy atom. The fraction of sp³-hybridized carbons (Fsp3) is 0.185. The predicted molar refractivity (Wildman–Crippen MR) is 134 cm³/mol. The topological polar surface area (TPSA) is 66.3 Å². The van der Waals surface area contributed by atoms with E-state index in [4.69, 9.17) is 9.98 Å². The fourth-order valence-electron chi connectivity index (χ4n) is 3.86. The molecular formula is C27H25N5S.